The number of carbonyl (C=O) groups is 1. The van der Waals surface area contributed by atoms with Gasteiger partial charge in [-0.15, -0.1) is 0 Å². The quantitative estimate of drug-likeness (QED) is 0.762. The van der Waals surface area contributed by atoms with Crippen molar-refractivity contribution in [3.63, 3.8) is 0 Å². The highest BCUT2D eigenvalue weighted by atomic mass is 16.2. The highest BCUT2D eigenvalue weighted by Crippen LogP contribution is 2.16. The van der Waals surface area contributed by atoms with E-state index in [2.05, 4.69) is 27.2 Å². The van der Waals surface area contributed by atoms with Gasteiger partial charge >= 0.3 is 0 Å². The van der Waals surface area contributed by atoms with E-state index in [0.29, 0.717) is 6.54 Å². The van der Waals surface area contributed by atoms with Crippen molar-refractivity contribution in [2.24, 2.45) is 0 Å². The fourth-order valence-corrected chi connectivity index (χ4v) is 2.87. The van der Waals surface area contributed by atoms with E-state index in [1.54, 1.807) is 4.90 Å². The summed E-state index contributed by atoms with van der Waals surface area (Å²) >= 11 is 0. The van der Waals surface area contributed by atoms with Gasteiger partial charge in [-0.25, -0.2) is 4.98 Å². The second-order valence-electron chi connectivity index (χ2n) is 5.29. The molecule has 0 saturated carbocycles. The first kappa shape index (κ1) is 12.4. The van der Waals surface area contributed by atoms with Gasteiger partial charge in [-0.2, -0.15) is 0 Å². The Morgan fingerprint density at radius 3 is 2.84 bits per heavy atom. The minimum absolute atomic E-state index is 0.00431. The maximum absolute atomic E-state index is 11.6. The summed E-state index contributed by atoms with van der Waals surface area (Å²) in [6.07, 6.45) is 6.12. The molecule has 1 amide bonds. The molecule has 102 valence electrons. The number of rotatable bonds is 3. The third-order valence-electron chi connectivity index (χ3n) is 3.92. The number of amides is 1. The van der Waals surface area contributed by atoms with Gasteiger partial charge in [-0.05, 0) is 32.0 Å². The molecule has 0 N–H and O–H groups in total. The van der Waals surface area contributed by atoms with Crippen LogP contribution < -0.4 is 0 Å². The molecule has 2 aliphatic rings. The van der Waals surface area contributed by atoms with E-state index in [-0.39, 0.29) is 5.91 Å². The number of aromatic nitrogens is 2. The van der Waals surface area contributed by atoms with E-state index < -0.39 is 0 Å². The lowest BCUT2D eigenvalue weighted by Crippen LogP contribution is -2.37. The molecule has 1 saturated heterocycles. The number of hydrogen-bond donors (Lipinski definition) is 0. The van der Waals surface area contributed by atoms with E-state index in [0.717, 1.165) is 31.2 Å². The van der Waals surface area contributed by atoms with Gasteiger partial charge < -0.3 is 9.47 Å². The van der Waals surface area contributed by atoms with Crippen LogP contribution in [0.4, 0.5) is 0 Å². The zero-order valence-electron chi connectivity index (χ0n) is 11.2. The van der Waals surface area contributed by atoms with Crippen molar-refractivity contribution in [3.8, 4) is 0 Å². The summed E-state index contributed by atoms with van der Waals surface area (Å²) < 4.78 is 2.18. The van der Waals surface area contributed by atoms with Crippen LogP contribution in [0.2, 0.25) is 0 Å². The van der Waals surface area contributed by atoms with E-state index in [1.165, 1.54) is 32.0 Å². The van der Waals surface area contributed by atoms with E-state index in [1.807, 2.05) is 0 Å². The number of carbonyl (C=O) groups excluding carboxylic acids is 1. The number of hydrogen-bond acceptors (Lipinski definition) is 3. The summed E-state index contributed by atoms with van der Waals surface area (Å²) in [5.41, 5.74) is 1.13. The number of imidazole rings is 1. The van der Waals surface area contributed by atoms with Crippen LogP contribution in [0.5, 0.6) is 0 Å². The fourth-order valence-electron chi connectivity index (χ4n) is 2.87. The summed E-state index contributed by atoms with van der Waals surface area (Å²) in [6, 6.07) is 0. The molecule has 5 nitrogen and oxygen atoms in total. The van der Waals surface area contributed by atoms with Crippen molar-refractivity contribution in [1.82, 2.24) is 19.4 Å². The molecule has 0 spiro atoms. The Balaban J connectivity index is 1.69. The van der Waals surface area contributed by atoms with Crippen molar-refractivity contribution < 1.29 is 4.79 Å². The van der Waals surface area contributed by atoms with Crippen molar-refractivity contribution in [1.29, 1.82) is 0 Å². The molecule has 5 heteroatoms. The van der Waals surface area contributed by atoms with E-state index in [9.17, 15) is 4.79 Å². The molecule has 1 aromatic rings. The highest BCUT2D eigenvalue weighted by molar-refractivity contribution is 5.86. The SMILES string of the molecule is C=CC(=O)N1CCn2cc(CN3CCCC3)nc2C1. The van der Waals surface area contributed by atoms with Crippen LogP contribution in [0.3, 0.4) is 0 Å². The lowest BCUT2D eigenvalue weighted by Gasteiger charge is -2.26. The molecule has 0 aliphatic carbocycles. The van der Waals surface area contributed by atoms with Gasteiger partial charge in [0.1, 0.15) is 5.82 Å². The molecule has 3 heterocycles. The lowest BCUT2D eigenvalue weighted by molar-refractivity contribution is -0.127. The van der Waals surface area contributed by atoms with Crippen LogP contribution >= 0.6 is 0 Å². The monoisotopic (exact) mass is 260 g/mol. The molecular formula is C14H20N4O. The molecule has 0 atom stereocenters. The van der Waals surface area contributed by atoms with Gasteiger partial charge in [0, 0.05) is 25.8 Å². The minimum Gasteiger partial charge on any atom is -0.331 e. The van der Waals surface area contributed by atoms with Gasteiger partial charge in [0.15, 0.2) is 0 Å². The zero-order chi connectivity index (χ0) is 13.2. The normalized spacial score (nSPS) is 19.5. The topological polar surface area (TPSA) is 41.4 Å². The van der Waals surface area contributed by atoms with E-state index >= 15 is 0 Å². The first-order valence-corrected chi connectivity index (χ1v) is 6.95. The Morgan fingerprint density at radius 1 is 1.32 bits per heavy atom. The maximum Gasteiger partial charge on any atom is 0.246 e. The Labute approximate surface area is 113 Å². The third kappa shape index (κ3) is 2.56. The van der Waals surface area contributed by atoms with Crippen LogP contribution in [-0.4, -0.2) is 44.9 Å². The van der Waals surface area contributed by atoms with Crippen LogP contribution in [0, 0.1) is 0 Å². The summed E-state index contributed by atoms with van der Waals surface area (Å²) in [7, 11) is 0. The Hall–Kier alpha value is -1.62. The Bertz CT molecular complexity index is 488. The lowest BCUT2D eigenvalue weighted by atomic mass is 10.3. The van der Waals surface area contributed by atoms with Gasteiger partial charge in [0.2, 0.25) is 5.91 Å². The van der Waals surface area contributed by atoms with Crippen molar-refractivity contribution in [2.45, 2.75) is 32.5 Å². The standard InChI is InChI=1S/C14H20N4O/c1-2-14(19)18-8-7-17-10-12(15-13(17)11-18)9-16-5-3-4-6-16/h2,10H,1,3-9,11H2. The Kier molecular flexibility index (Phi) is 3.38. The van der Waals surface area contributed by atoms with Crippen LogP contribution in [0.1, 0.15) is 24.4 Å². The second-order valence-corrected chi connectivity index (χ2v) is 5.29. The van der Waals surface area contributed by atoms with Crippen molar-refractivity contribution >= 4 is 5.91 Å². The zero-order valence-corrected chi connectivity index (χ0v) is 11.2. The van der Waals surface area contributed by atoms with Gasteiger partial charge in [-0.1, -0.05) is 6.58 Å². The fraction of sp³-hybridized carbons (Fsp3) is 0.571. The van der Waals surface area contributed by atoms with Crippen molar-refractivity contribution in [2.75, 3.05) is 19.6 Å². The third-order valence-corrected chi connectivity index (χ3v) is 3.92. The molecule has 1 aromatic heterocycles. The summed E-state index contributed by atoms with van der Waals surface area (Å²) in [6.45, 7) is 9.03. The molecule has 2 aliphatic heterocycles. The van der Waals surface area contributed by atoms with Crippen LogP contribution in [-0.2, 0) is 24.4 Å². The molecular weight excluding hydrogens is 240 g/mol. The van der Waals surface area contributed by atoms with Crippen LogP contribution in [0.15, 0.2) is 18.9 Å². The van der Waals surface area contributed by atoms with Crippen molar-refractivity contribution in [3.05, 3.63) is 30.4 Å². The molecule has 0 unspecified atom stereocenters. The number of likely N-dealkylation sites (tertiary alicyclic amines) is 1. The predicted octanol–water partition coefficient (Wildman–Crippen LogP) is 1.01. The summed E-state index contributed by atoms with van der Waals surface area (Å²) in [5, 5.41) is 0. The summed E-state index contributed by atoms with van der Waals surface area (Å²) in [5.74, 6) is 0.992. The first-order chi connectivity index (χ1) is 9.26. The smallest absolute Gasteiger partial charge is 0.246 e. The van der Waals surface area contributed by atoms with Gasteiger partial charge in [0.05, 0.1) is 12.2 Å². The molecule has 19 heavy (non-hydrogen) atoms. The molecule has 0 aromatic carbocycles. The predicted molar refractivity (Wildman–Crippen MR) is 72.4 cm³/mol. The minimum atomic E-state index is -0.00431. The maximum atomic E-state index is 11.6. The molecule has 3 rings (SSSR count). The molecule has 0 bridgehead atoms. The average molecular weight is 260 g/mol. The summed E-state index contributed by atoms with van der Waals surface area (Å²) in [4.78, 5) is 20.5. The molecule has 0 radical (unpaired) electrons. The highest BCUT2D eigenvalue weighted by Gasteiger charge is 2.21. The first-order valence-electron chi connectivity index (χ1n) is 6.95. The second kappa shape index (κ2) is 5.17. The largest absolute Gasteiger partial charge is 0.331 e. The number of fused-ring (bicyclic) bond motifs is 1. The van der Waals surface area contributed by atoms with Gasteiger partial charge in [0.25, 0.3) is 0 Å². The molecule has 1 fully saturated rings. The van der Waals surface area contributed by atoms with E-state index in [4.69, 9.17) is 0 Å². The Morgan fingerprint density at radius 2 is 2.11 bits per heavy atom. The number of nitrogens with zero attached hydrogens (tertiary/aromatic N) is 4. The van der Waals surface area contributed by atoms with Crippen LogP contribution in [0.25, 0.3) is 0 Å². The average Bonchev–Trinajstić information content (AvgIpc) is 3.05. The van der Waals surface area contributed by atoms with Gasteiger partial charge in [-0.3, -0.25) is 9.69 Å².